The molecule has 0 aliphatic heterocycles. The first-order valence-electron chi connectivity index (χ1n) is 6.56. The molecule has 0 unspecified atom stereocenters. The van der Waals surface area contributed by atoms with Crippen molar-refractivity contribution in [2.45, 2.75) is 0 Å². The van der Waals surface area contributed by atoms with Crippen LogP contribution in [0.2, 0.25) is 0 Å². The first-order valence-corrected chi connectivity index (χ1v) is 6.56. The van der Waals surface area contributed by atoms with Gasteiger partial charge in [-0.3, -0.25) is 9.78 Å². The van der Waals surface area contributed by atoms with E-state index in [0.29, 0.717) is 11.3 Å². The van der Waals surface area contributed by atoms with Gasteiger partial charge >= 0.3 is 0 Å². The van der Waals surface area contributed by atoms with Crippen LogP contribution in [-0.4, -0.2) is 18.0 Å². The first-order chi connectivity index (χ1) is 10.3. The Kier molecular flexibility index (Phi) is 3.51. The highest BCUT2D eigenvalue weighted by molar-refractivity contribution is 6.04. The predicted octanol–water partition coefficient (Wildman–Crippen LogP) is 3.50. The van der Waals surface area contributed by atoms with Crippen molar-refractivity contribution >= 4 is 22.5 Å². The molecule has 0 fully saturated rings. The molecule has 0 radical (unpaired) electrons. The highest BCUT2D eigenvalue weighted by Crippen LogP contribution is 2.17. The van der Waals surface area contributed by atoms with E-state index in [0.717, 1.165) is 16.7 Å². The van der Waals surface area contributed by atoms with Crippen molar-refractivity contribution in [3.8, 4) is 5.75 Å². The van der Waals surface area contributed by atoms with Gasteiger partial charge in [0.1, 0.15) is 5.75 Å². The van der Waals surface area contributed by atoms with E-state index >= 15 is 0 Å². The summed E-state index contributed by atoms with van der Waals surface area (Å²) < 4.78 is 5.07. The number of rotatable bonds is 3. The van der Waals surface area contributed by atoms with E-state index in [2.05, 4.69) is 10.3 Å². The number of amides is 1. The van der Waals surface area contributed by atoms with Gasteiger partial charge in [0.05, 0.1) is 24.5 Å². The SMILES string of the molecule is COc1ccc(C(=O)Nc2cnc3ccccc3c2)cc1. The van der Waals surface area contributed by atoms with Gasteiger partial charge in [0, 0.05) is 10.9 Å². The van der Waals surface area contributed by atoms with E-state index < -0.39 is 0 Å². The number of methoxy groups -OCH3 is 1. The van der Waals surface area contributed by atoms with Crippen molar-refractivity contribution < 1.29 is 9.53 Å². The van der Waals surface area contributed by atoms with Gasteiger partial charge in [-0.05, 0) is 36.4 Å². The molecule has 0 saturated heterocycles. The van der Waals surface area contributed by atoms with Crippen LogP contribution in [0.4, 0.5) is 5.69 Å². The molecule has 1 heterocycles. The molecule has 0 bridgehead atoms. The molecule has 1 aromatic heterocycles. The number of carbonyl (C=O) groups excluding carboxylic acids is 1. The molecular formula is C17H14N2O2. The zero-order chi connectivity index (χ0) is 14.7. The van der Waals surface area contributed by atoms with Crippen LogP contribution in [-0.2, 0) is 0 Å². The van der Waals surface area contributed by atoms with Gasteiger partial charge in [-0.2, -0.15) is 0 Å². The minimum Gasteiger partial charge on any atom is -0.497 e. The maximum absolute atomic E-state index is 12.2. The fourth-order valence-corrected chi connectivity index (χ4v) is 2.09. The summed E-state index contributed by atoms with van der Waals surface area (Å²) in [6, 6.07) is 16.6. The maximum Gasteiger partial charge on any atom is 0.255 e. The van der Waals surface area contributed by atoms with E-state index in [1.165, 1.54) is 0 Å². The number of nitrogens with zero attached hydrogens (tertiary/aromatic N) is 1. The molecular weight excluding hydrogens is 264 g/mol. The lowest BCUT2D eigenvalue weighted by Crippen LogP contribution is -2.11. The monoisotopic (exact) mass is 278 g/mol. The highest BCUT2D eigenvalue weighted by atomic mass is 16.5. The minimum atomic E-state index is -0.172. The summed E-state index contributed by atoms with van der Waals surface area (Å²) in [6.45, 7) is 0. The van der Waals surface area contributed by atoms with Crippen molar-refractivity contribution in [2.75, 3.05) is 12.4 Å². The number of anilines is 1. The summed E-state index contributed by atoms with van der Waals surface area (Å²) in [4.78, 5) is 16.5. The van der Waals surface area contributed by atoms with Crippen LogP contribution >= 0.6 is 0 Å². The third-order valence-electron chi connectivity index (χ3n) is 3.20. The molecule has 1 amide bonds. The second-order valence-electron chi connectivity index (χ2n) is 4.60. The molecule has 4 heteroatoms. The summed E-state index contributed by atoms with van der Waals surface area (Å²) in [5.74, 6) is 0.550. The molecule has 1 N–H and O–H groups in total. The van der Waals surface area contributed by atoms with Crippen LogP contribution in [0.1, 0.15) is 10.4 Å². The average molecular weight is 278 g/mol. The number of benzene rings is 2. The van der Waals surface area contributed by atoms with E-state index in [1.807, 2.05) is 30.3 Å². The Hall–Kier alpha value is -2.88. The lowest BCUT2D eigenvalue weighted by atomic mass is 10.2. The zero-order valence-electron chi connectivity index (χ0n) is 11.5. The molecule has 0 saturated carbocycles. The largest absolute Gasteiger partial charge is 0.497 e. The van der Waals surface area contributed by atoms with Gasteiger partial charge in [-0.25, -0.2) is 0 Å². The van der Waals surface area contributed by atoms with Crippen LogP contribution < -0.4 is 10.1 Å². The standard InChI is InChI=1S/C17H14N2O2/c1-21-15-8-6-12(7-9-15)17(20)19-14-10-13-4-2-3-5-16(13)18-11-14/h2-11H,1H3,(H,19,20). The quantitative estimate of drug-likeness (QED) is 0.797. The summed E-state index contributed by atoms with van der Waals surface area (Å²) in [5, 5.41) is 3.84. The van der Waals surface area contributed by atoms with Crippen LogP contribution in [0.15, 0.2) is 60.8 Å². The molecule has 4 nitrogen and oxygen atoms in total. The Morgan fingerprint density at radius 2 is 1.86 bits per heavy atom. The third kappa shape index (κ3) is 2.84. The Labute approximate surface area is 122 Å². The van der Waals surface area contributed by atoms with Gasteiger partial charge in [0.2, 0.25) is 0 Å². The number of hydrogen-bond donors (Lipinski definition) is 1. The van der Waals surface area contributed by atoms with E-state index in [1.54, 1.807) is 37.6 Å². The van der Waals surface area contributed by atoms with Crippen LogP contribution in [0.25, 0.3) is 10.9 Å². The van der Waals surface area contributed by atoms with Crippen LogP contribution in [0, 0.1) is 0 Å². The molecule has 104 valence electrons. The van der Waals surface area contributed by atoms with Crippen molar-refractivity contribution in [1.29, 1.82) is 0 Å². The van der Waals surface area contributed by atoms with Gasteiger partial charge in [-0.15, -0.1) is 0 Å². The molecule has 3 rings (SSSR count). The Balaban J connectivity index is 1.81. The Morgan fingerprint density at radius 1 is 1.10 bits per heavy atom. The smallest absolute Gasteiger partial charge is 0.255 e. The van der Waals surface area contributed by atoms with E-state index in [-0.39, 0.29) is 5.91 Å². The number of fused-ring (bicyclic) bond motifs is 1. The number of pyridine rings is 1. The minimum absolute atomic E-state index is 0.172. The fourth-order valence-electron chi connectivity index (χ4n) is 2.09. The Bertz CT molecular complexity index is 782. The normalized spacial score (nSPS) is 10.3. The highest BCUT2D eigenvalue weighted by Gasteiger charge is 2.07. The molecule has 2 aromatic carbocycles. The molecule has 0 aliphatic carbocycles. The molecule has 3 aromatic rings. The third-order valence-corrected chi connectivity index (χ3v) is 3.20. The van der Waals surface area contributed by atoms with Crippen molar-refractivity contribution in [3.05, 3.63) is 66.4 Å². The molecule has 0 spiro atoms. The second-order valence-corrected chi connectivity index (χ2v) is 4.60. The van der Waals surface area contributed by atoms with Gasteiger partial charge in [0.25, 0.3) is 5.91 Å². The van der Waals surface area contributed by atoms with Gasteiger partial charge in [0.15, 0.2) is 0 Å². The zero-order valence-corrected chi connectivity index (χ0v) is 11.5. The fraction of sp³-hybridized carbons (Fsp3) is 0.0588. The number of ether oxygens (including phenoxy) is 1. The molecule has 21 heavy (non-hydrogen) atoms. The van der Waals surface area contributed by atoms with Gasteiger partial charge < -0.3 is 10.1 Å². The maximum atomic E-state index is 12.2. The van der Waals surface area contributed by atoms with Crippen molar-refractivity contribution in [3.63, 3.8) is 0 Å². The summed E-state index contributed by atoms with van der Waals surface area (Å²) in [5.41, 5.74) is 2.15. The second kappa shape index (κ2) is 5.63. The summed E-state index contributed by atoms with van der Waals surface area (Å²) in [6.07, 6.45) is 1.66. The van der Waals surface area contributed by atoms with Gasteiger partial charge in [-0.1, -0.05) is 18.2 Å². The topological polar surface area (TPSA) is 51.2 Å². The number of hydrogen-bond acceptors (Lipinski definition) is 3. The lowest BCUT2D eigenvalue weighted by Gasteiger charge is -2.07. The lowest BCUT2D eigenvalue weighted by molar-refractivity contribution is 0.102. The van der Waals surface area contributed by atoms with Crippen molar-refractivity contribution in [2.24, 2.45) is 0 Å². The summed E-state index contributed by atoms with van der Waals surface area (Å²) in [7, 11) is 1.59. The number of aromatic nitrogens is 1. The van der Waals surface area contributed by atoms with Crippen LogP contribution in [0.5, 0.6) is 5.75 Å². The summed E-state index contributed by atoms with van der Waals surface area (Å²) >= 11 is 0. The molecule has 0 aliphatic rings. The Morgan fingerprint density at radius 3 is 2.62 bits per heavy atom. The number of para-hydroxylation sites is 1. The number of nitrogens with one attached hydrogen (secondary N) is 1. The van der Waals surface area contributed by atoms with Crippen LogP contribution in [0.3, 0.4) is 0 Å². The average Bonchev–Trinajstić information content (AvgIpc) is 2.55. The first kappa shape index (κ1) is 13.1. The van der Waals surface area contributed by atoms with Crippen molar-refractivity contribution in [1.82, 2.24) is 4.98 Å². The predicted molar refractivity (Wildman–Crippen MR) is 82.7 cm³/mol. The molecule has 0 atom stereocenters. The number of carbonyl (C=O) groups is 1. The van der Waals surface area contributed by atoms with E-state index in [9.17, 15) is 4.79 Å². The van der Waals surface area contributed by atoms with E-state index in [4.69, 9.17) is 4.74 Å².